The Balaban J connectivity index is 1.70. The van der Waals surface area contributed by atoms with Crippen molar-refractivity contribution >= 4 is 12.1 Å². The highest BCUT2D eigenvalue weighted by atomic mass is 19.3. The lowest BCUT2D eigenvalue weighted by atomic mass is 9.95. The maximum absolute atomic E-state index is 13.2. The molecule has 0 radical (unpaired) electrons. The number of piperazine rings is 1. The molecule has 1 aliphatic heterocycles. The predicted octanol–water partition coefficient (Wildman–Crippen LogP) is 5.51. The topological polar surface area (TPSA) is 86.6 Å². The molecule has 3 rings (SSSR count). The molecule has 2 atom stereocenters. The first kappa shape index (κ1) is 30.2. The van der Waals surface area contributed by atoms with Crippen molar-refractivity contribution in [1.82, 2.24) is 10.6 Å². The normalized spacial score (nSPS) is 14.8. The number of nitriles is 1. The fraction of sp³-hybridized carbons (Fsp3) is 0.548. The SMILES string of the molecule is CCCC(C)CCCc1cc(CCC(CCNC=O)Oc2cc(N3CCNCC3)ccc2C#N)ccc1OF. The van der Waals surface area contributed by atoms with Crippen molar-refractivity contribution in [3.05, 3.63) is 53.1 Å². The maximum Gasteiger partial charge on any atom is 0.207 e. The number of hydrogen-bond acceptors (Lipinski definition) is 6. The highest BCUT2D eigenvalue weighted by Crippen LogP contribution is 2.29. The Bertz CT molecular complexity index is 1070. The van der Waals surface area contributed by atoms with Crippen LogP contribution < -0.4 is 25.2 Å². The van der Waals surface area contributed by atoms with Crippen LogP contribution in [0.2, 0.25) is 0 Å². The van der Waals surface area contributed by atoms with Crippen LogP contribution in [0, 0.1) is 17.2 Å². The minimum absolute atomic E-state index is 0.210. The number of halogens is 1. The average Bonchev–Trinajstić information content (AvgIpc) is 2.96. The standard InChI is InChI=1S/C31H43FN4O3/c1-3-5-24(2)6-4-7-26-20-25(9-13-30(26)39-32)8-12-29(14-15-35-23-37)38-31-21-28(11-10-27(31)22-33)36-18-16-34-17-19-36/h9-11,13,20-21,23-24,29,34H,3-8,12,14-19H2,1-2H3,(H,35,37). The summed E-state index contributed by atoms with van der Waals surface area (Å²) >= 11 is 0. The second kappa shape index (κ2) is 16.6. The van der Waals surface area contributed by atoms with E-state index in [2.05, 4.69) is 40.4 Å². The van der Waals surface area contributed by atoms with Gasteiger partial charge >= 0.3 is 0 Å². The molecule has 0 saturated carbocycles. The molecule has 0 bridgehead atoms. The second-order valence-electron chi connectivity index (χ2n) is 10.5. The molecular weight excluding hydrogens is 495 g/mol. The van der Waals surface area contributed by atoms with E-state index >= 15 is 0 Å². The molecule has 0 aromatic heterocycles. The van der Waals surface area contributed by atoms with Crippen LogP contribution in [0.3, 0.4) is 0 Å². The van der Waals surface area contributed by atoms with Crippen LogP contribution in [-0.2, 0) is 17.6 Å². The predicted molar refractivity (Wildman–Crippen MR) is 153 cm³/mol. The van der Waals surface area contributed by atoms with Gasteiger partial charge in [-0.3, -0.25) is 9.74 Å². The van der Waals surface area contributed by atoms with Crippen molar-refractivity contribution in [2.45, 2.75) is 71.3 Å². The number of rotatable bonds is 17. The van der Waals surface area contributed by atoms with E-state index in [1.807, 2.05) is 30.3 Å². The van der Waals surface area contributed by atoms with Crippen molar-refractivity contribution in [1.29, 1.82) is 5.26 Å². The third-order valence-corrected chi connectivity index (χ3v) is 7.44. The van der Waals surface area contributed by atoms with E-state index in [4.69, 9.17) is 4.74 Å². The first-order valence-corrected chi connectivity index (χ1v) is 14.3. The molecule has 7 nitrogen and oxygen atoms in total. The summed E-state index contributed by atoms with van der Waals surface area (Å²) in [7, 11) is 0. The van der Waals surface area contributed by atoms with Crippen LogP contribution in [0.25, 0.3) is 0 Å². The van der Waals surface area contributed by atoms with Crippen LogP contribution in [-0.4, -0.2) is 45.2 Å². The molecule has 8 heteroatoms. The first-order chi connectivity index (χ1) is 19.1. The zero-order valence-corrected chi connectivity index (χ0v) is 23.4. The van der Waals surface area contributed by atoms with E-state index in [1.165, 1.54) is 12.8 Å². The van der Waals surface area contributed by atoms with Gasteiger partial charge in [0.2, 0.25) is 6.41 Å². The van der Waals surface area contributed by atoms with Crippen molar-refractivity contribution in [3.63, 3.8) is 0 Å². The maximum atomic E-state index is 13.2. The molecule has 1 saturated heterocycles. The number of nitrogens with zero attached hydrogens (tertiary/aromatic N) is 2. The van der Waals surface area contributed by atoms with Gasteiger partial charge in [-0.2, -0.15) is 5.26 Å². The van der Waals surface area contributed by atoms with Crippen molar-refractivity contribution in [2.24, 2.45) is 5.92 Å². The molecule has 2 unspecified atom stereocenters. The van der Waals surface area contributed by atoms with Gasteiger partial charge in [0.25, 0.3) is 0 Å². The van der Waals surface area contributed by atoms with Gasteiger partial charge in [0.05, 0.1) is 5.56 Å². The van der Waals surface area contributed by atoms with Gasteiger partial charge in [-0.25, -0.2) is 0 Å². The monoisotopic (exact) mass is 538 g/mol. The van der Waals surface area contributed by atoms with Gasteiger partial charge in [-0.05, 0) is 60.9 Å². The van der Waals surface area contributed by atoms with E-state index in [9.17, 15) is 14.6 Å². The Kier molecular flexibility index (Phi) is 12.9. The van der Waals surface area contributed by atoms with Crippen LogP contribution in [0.1, 0.15) is 69.1 Å². The molecule has 2 N–H and O–H groups in total. The van der Waals surface area contributed by atoms with Crippen LogP contribution in [0.4, 0.5) is 10.2 Å². The largest absolute Gasteiger partial charge is 0.489 e. The van der Waals surface area contributed by atoms with Crippen LogP contribution in [0.15, 0.2) is 36.4 Å². The summed E-state index contributed by atoms with van der Waals surface area (Å²) in [5, 5.41) is 15.8. The highest BCUT2D eigenvalue weighted by Gasteiger charge is 2.18. The zero-order valence-electron chi connectivity index (χ0n) is 23.4. The van der Waals surface area contributed by atoms with Gasteiger partial charge in [-0.1, -0.05) is 45.2 Å². The number of aryl methyl sites for hydroxylation is 2. The lowest BCUT2D eigenvalue weighted by molar-refractivity contribution is -0.109. The molecule has 2 aromatic carbocycles. The van der Waals surface area contributed by atoms with Crippen molar-refractivity contribution < 1.29 is 19.0 Å². The van der Waals surface area contributed by atoms with Gasteiger partial charge in [-0.15, -0.1) is 0 Å². The third kappa shape index (κ3) is 9.74. The Morgan fingerprint density at radius 1 is 1.10 bits per heavy atom. The number of carbonyl (C=O) groups is 1. The summed E-state index contributed by atoms with van der Waals surface area (Å²) in [5.41, 5.74) is 3.50. The van der Waals surface area contributed by atoms with E-state index in [0.29, 0.717) is 43.0 Å². The minimum Gasteiger partial charge on any atom is -0.489 e. The molecule has 1 heterocycles. The summed E-state index contributed by atoms with van der Waals surface area (Å²) in [6, 6.07) is 13.6. The van der Waals surface area contributed by atoms with Crippen LogP contribution in [0.5, 0.6) is 11.5 Å². The summed E-state index contributed by atoms with van der Waals surface area (Å²) in [4.78, 5) is 17.3. The second-order valence-corrected chi connectivity index (χ2v) is 10.5. The summed E-state index contributed by atoms with van der Waals surface area (Å²) < 4.78 is 19.6. The smallest absolute Gasteiger partial charge is 0.207 e. The van der Waals surface area contributed by atoms with Gasteiger partial charge in [0, 0.05) is 55.4 Å². The number of hydrogen-bond donors (Lipinski definition) is 2. The molecule has 2 aromatic rings. The van der Waals surface area contributed by atoms with E-state index in [-0.39, 0.29) is 11.9 Å². The molecule has 1 amide bonds. The number of carbonyl (C=O) groups excluding carboxylic acids is 1. The van der Waals surface area contributed by atoms with E-state index in [1.54, 1.807) is 6.07 Å². The highest BCUT2D eigenvalue weighted by molar-refractivity contribution is 5.57. The van der Waals surface area contributed by atoms with E-state index in [0.717, 1.165) is 68.7 Å². The molecular formula is C31H43FN4O3. The zero-order chi connectivity index (χ0) is 27.9. The first-order valence-electron chi connectivity index (χ1n) is 14.3. The molecule has 1 aliphatic rings. The Labute approximate surface area is 232 Å². The summed E-state index contributed by atoms with van der Waals surface area (Å²) in [6.07, 6.45) is 7.75. The number of nitrogens with one attached hydrogen (secondary N) is 2. The fourth-order valence-electron chi connectivity index (χ4n) is 5.23. The quantitative estimate of drug-likeness (QED) is 0.204. The Morgan fingerprint density at radius 2 is 1.92 bits per heavy atom. The molecule has 39 heavy (non-hydrogen) atoms. The summed E-state index contributed by atoms with van der Waals surface area (Å²) in [5.74, 6) is 1.51. The fourth-order valence-corrected chi connectivity index (χ4v) is 5.23. The summed E-state index contributed by atoms with van der Waals surface area (Å²) in [6.45, 7) is 8.58. The molecule has 212 valence electrons. The Hall–Kier alpha value is -3.31. The number of ether oxygens (including phenoxy) is 1. The number of benzene rings is 2. The van der Waals surface area contributed by atoms with Crippen molar-refractivity contribution in [3.8, 4) is 17.6 Å². The number of amides is 1. The minimum atomic E-state index is -0.210. The third-order valence-electron chi connectivity index (χ3n) is 7.44. The van der Waals surface area contributed by atoms with E-state index < -0.39 is 0 Å². The lowest BCUT2D eigenvalue weighted by Crippen LogP contribution is -2.43. The molecule has 0 aliphatic carbocycles. The van der Waals surface area contributed by atoms with Crippen molar-refractivity contribution in [2.75, 3.05) is 37.6 Å². The van der Waals surface area contributed by atoms with Gasteiger partial charge < -0.3 is 20.3 Å². The molecule has 0 spiro atoms. The lowest BCUT2D eigenvalue weighted by Gasteiger charge is -2.30. The Morgan fingerprint density at radius 3 is 2.64 bits per heavy atom. The van der Waals surface area contributed by atoms with Gasteiger partial charge in [0.1, 0.15) is 17.9 Å². The van der Waals surface area contributed by atoms with Crippen LogP contribution >= 0.6 is 0 Å². The molecule has 1 fully saturated rings. The number of anilines is 1. The average molecular weight is 539 g/mol. The van der Waals surface area contributed by atoms with Gasteiger partial charge in [0.15, 0.2) is 5.75 Å².